The molecular formula is C14H20N2O2. The summed E-state index contributed by atoms with van der Waals surface area (Å²) in [6, 6.07) is 5.69. The van der Waals surface area contributed by atoms with Crippen molar-refractivity contribution in [2.45, 2.75) is 26.3 Å². The van der Waals surface area contributed by atoms with Crippen LogP contribution in [0, 0.1) is 24.2 Å². The third kappa shape index (κ3) is 2.74. The van der Waals surface area contributed by atoms with Crippen molar-refractivity contribution in [2.75, 3.05) is 14.2 Å². The normalized spacial score (nSPS) is 13.6. The van der Waals surface area contributed by atoms with Crippen molar-refractivity contribution in [3.8, 4) is 17.6 Å². The molecule has 1 rings (SSSR count). The van der Waals surface area contributed by atoms with Gasteiger partial charge in [0, 0.05) is 6.04 Å². The van der Waals surface area contributed by atoms with E-state index in [0.717, 1.165) is 17.5 Å². The van der Waals surface area contributed by atoms with Crippen LogP contribution in [-0.4, -0.2) is 14.2 Å². The molecule has 2 N–H and O–H groups in total. The number of aryl methyl sites for hydroxylation is 1. The van der Waals surface area contributed by atoms with Crippen molar-refractivity contribution in [3.63, 3.8) is 0 Å². The van der Waals surface area contributed by atoms with E-state index >= 15 is 0 Å². The standard InChI is InChI=1S/C14H20N2O2/c1-5-10(8-15)14(16)11-7-13(18-4)12(17-3)6-9(11)2/h6-7,10,14H,5,16H2,1-4H3. The molecule has 1 aromatic carbocycles. The van der Waals surface area contributed by atoms with Gasteiger partial charge in [-0.25, -0.2) is 0 Å². The third-order valence-corrected chi connectivity index (χ3v) is 3.17. The lowest BCUT2D eigenvalue weighted by Crippen LogP contribution is -2.20. The minimum absolute atomic E-state index is 0.193. The van der Waals surface area contributed by atoms with Crippen molar-refractivity contribution >= 4 is 0 Å². The fraction of sp³-hybridized carbons (Fsp3) is 0.500. The van der Waals surface area contributed by atoms with Gasteiger partial charge in [0.1, 0.15) is 0 Å². The Hall–Kier alpha value is -1.73. The molecule has 0 fully saturated rings. The molecular weight excluding hydrogens is 228 g/mol. The first-order valence-electron chi connectivity index (χ1n) is 5.96. The van der Waals surface area contributed by atoms with Crippen LogP contribution in [0.1, 0.15) is 30.5 Å². The van der Waals surface area contributed by atoms with Crippen LogP contribution >= 0.6 is 0 Å². The van der Waals surface area contributed by atoms with Gasteiger partial charge < -0.3 is 15.2 Å². The van der Waals surface area contributed by atoms with Crippen LogP contribution in [0.5, 0.6) is 11.5 Å². The van der Waals surface area contributed by atoms with E-state index in [1.165, 1.54) is 0 Å². The van der Waals surface area contributed by atoms with E-state index in [9.17, 15) is 0 Å². The zero-order valence-electron chi connectivity index (χ0n) is 11.4. The monoisotopic (exact) mass is 248 g/mol. The quantitative estimate of drug-likeness (QED) is 0.869. The van der Waals surface area contributed by atoms with Gasteiger partial charge in [-0.2, -0.15) is 5.26 Å². The Morgan fingerprint density at radius 3 is 2.28 bits per heavy atom. The van der Waals surface area contributed by atoms with Gasteiger partial charge in [0.25, 0.3) is 0 Å². The summed E-state index contributed by atoms with van der Waals surface area (Å²) in [7, 11) is 3.19. The number of rotatable bonds is 5. The summed E-state index contributed by atoms with van der Waals surface area (Å²) < 4.78 is 10.5. The molecule has 18 heavy (non-hydrogen) atoms. The fourth-order valence-electron chi connectivity index (χ4n) is 2.00. The summed E-state index contributed by atoms with van der Waals surface area (Å²) in [5.41, 5.74) is 8.10. The molecule has 0 radical (unpaired) electrons. The summed E-state index contributed by atoms with van der Waals surface area (Å²) in [4.78, 5) is 0. The highest BCUT2D eigenvalue weighted by Crippen LogP contribution is 2.34. The van der Waals surface area contributed by atoms with E-state index in [4.69, 9.17) is 20.5 Å². The van der Waals surface area contributed by atoms with E-state index in [-0.39, 0.29) is 12.0 Å². The maximum Gasteiger partial charge on any atom is 0.161 e. The van der Waals surface area contributed by atoms with Gasteiger partial charge in [0.2, 0.25) is 0 Å². The number of nitrogens with zero attached hydrogens (tertiary/aromatic N) is 1. The molecule has 0 saturated carbocycles. The Labute approximate surface area is 108 Å². The first kappa shape index (κ1) is 14.3. The fourth-order valence-corrected chi connectivity index (χ4v) is 2.00. The second-order valence-corrected chi connectivity index (χ2v) is 4.23. The van der Waals surface area contributed by atoms with Gasteiger partial charge in [-0.15, -0.1) is 0 Å². The minimum atomic E-state index is -0.306. The van der Waals surface area contributed by atoms with Crippen molar-refractivity contribution < 1.29 is 9.47 Å². The molecule has 0 heterocycles. The predicted molar refractivity (Wildman–Crippen MR) is 70.6 cm³/mol. The summed E-state index contributed by atoms with van der Waals surface area (Å²) in [6.45, 7) is 3.92. The second-order valence-electron chi connectivity index (χ2n) is 4.23. The van der Waals surface area contributed by atoms with Crippen molar-refractivity contribution in [2.24, 2.45) is 11.7 Å². The molecule has 0 aromatic heterocycles. The smallest absolute Gasteiger partial charge is 0.161 e. The molecule has 0 saturated heterocycles. The number of ether oxygens (including phenoxy) is 2. The van der Waals surface area contributed by atoms with E-state index in [2.05, 4.69) is 6.07 Å². The molecule has 0 aliphatic heterocycles. The number of hydrogen-bond donors (Lipinski definition) is 1. The van der Waals surface area contributed by atoms with Crippen LogP contribution in [0.15, 0.2) is 12.1 Å². The summed E-state index contributed by atoms with van der Waals surface area (Å²) in [5.74, 6) is 1.12. The Morgan fingerprint density at radius 1 is 1.28 bits per heavy atom. The van der Waals surface area contributed by atoms with Gasteiger partial charge in [-0.05, 0) is 36.6 Å². The largest absolute Gasteiger partial charge is 0.493 e. The van der Waals surface area contributed by atoms with Crippen LogP contribution in [0.3, 0.4) is 0 Å². The number of hydrogen-bond acceptors (Lipinski definition) is 4. The highest BCUT2D eigenvalue weighted by atomic mass is 16.5. The Balaban J connectivity index is 3.21. The highest BCUT2D eigenvalue weighted by Gasteiger charge is 2.21. The topological polar surface area (TPSA) is 68.3 Å². The Morgan fingerprint density at radius 2 is 1.83 bits per heavy atom. The molecule has 0 amide bonds. The lowest BCUT2D eigenvalue weighted by Gasteiger charge is -2.20. The molecule has 98 valence electrons. The molecule has 4 heteroatoms. The highest BCUT2D eigenvalue weighted by molar-refractivity contribution is 5.48. The lowest BCUT2D eigenvalue weighted by atomic mass is 9.90. The van der Waals surface area contributed by atoms with Gasteiger partial charge >= 0.3 is 0 Å². The zero-order valence-corrected chi connectivity index (χ0v) is 11.4. The van der Waals surface area contributed by atoms with E-state index in [1.807, 2.05) is 26.0 Å². The lowest BCUT2D eigenvalue weighted by molar-refractivity contribution is 0.353. The van der Waals surface area contributed by atoms with Gasteiger partial charge in [0.05, 0.1) is 26.2 Å². The Kier molecular flexibility index (Phi) is 4.99. The van der Waals surface area contributed by atoms with Crippen LogP contribution in [0.25, 0.3) is 0 Å². The second kappa shape index (κ2) is 6.27. The molecule has 2 unspecified atom stereocenters. The third-order valence-electron chi connectivity index (χ3n) is 3.17. The van der Waals surface area contributed by atoms with Gasteiger partial charge in [-0.3, -0.25) is 0 Å². The number of benzene rings is 1. The summed E-state index contributed by atoms with van der Waals surface area (Å²) >= 11 is 0. The van der Waals surface area contributed by atoms with E-state index in [0.29, 0.717) is 11.5 Å². The minimum Gasteiger partial charge on any atom is -0.493 e. The van der Waals surface area contributed by atoms with Crippen molar-refractivity contribution in [1.82, 2.24) is 0 Å². The van der Waals surface area contributed by atoms with Crippen molar-refractivity contribution in [3.05, 3.63) is 23.3 Å². The van der Waals surface area contributed by atoms with Crippen LogP contribution < -0.4 is 15.2 Å². The predicted octanol–water partition coefficient (Wildman–Crippen LogP) is 2.56. The average Bonchev–Trinajstić information content (AvgIpc) is 2.39. The Bertz CT molecular complexity index is 452. The summed E-state index contributed by atoms with van der Waals surface area (Å²) in [6.07, 6.45) is 0.728. The van der Waals surface area contributed by atoms with Gasteiger partial charge in [0.15, 0.2) is 11.5 Å². The molecule has 2 atom stereocenters. The first-order chi connectivity index (χ1) is 8.58. The maximum absolute atomic E-state index is 9.09. The molecule has 0 spiro atoms. The molecule has 1 aromatic rings. The molecule has 0 aliphatic carbocycles. The SMILES string of the molecule is CCC(C#N)C(N)c1cc(OC)c(OC)cc1C. The molecule has 0 aliphatic rings. The maximum atomic E-state index is 9.09. The molecule has 0 bridgehead atoms. The van der Waals surface area contributed by atoms with Crippen molar-refractivity contribution in [1.29, 1.82) is 5.26 Å². The number of nitriles is 1. The average molecular weight is 248 g/mol. The van der Waals surface area contributed by atoms with Crippen LogP contribution in [-0.2, 0) is 0 Å². The van der Waals surface area contributed by atoms with Gasteiger partial charge in [-0.1, -0.05) is 6.92 Å². The number of methoxy groups -OCH3 is 2. The van der Waals surface area contributed by atoms with Crippen LogP contribution in [0.2, 0.25) is 0 Å². The number of nitrogens with two attached hydrogens (primary N) is 1. The van der Waals surface area contributed by atoms with Crippen LogP contribution in [0.4, 0.5) is 0 Å². The zero-order chi connectivity index (χ0) is 13.7. The van der Waals surface area contributed by atoms with E-state index < -0.39 is 0 Å². The first-order valence-corrected chi connectivity index (χ1v) is 5.96. The summed E-state index contributed by atoms with van der Waals surface area (Å²) in [5, 5.41) is 9.09. The molecule has 4 nitrogen and oxygen atoms in total. The van der Waals surface area contributed by atoms with E-state index in [1.54, 1.807) is 14.2 Å².